The van der Waals surface area contributed by atoms with E-state index in [1.807, 2.05) is 0 Å². The number of alkyl halides is 3. The van der Waals surface area contributed by atoms with Gasteiger partial charge in [-0.2, -0.15) is 13.2 Å². The Hall–Kier alpha value is -2.83. The highest BCUT2D eigenvalue weighted by Gasteiger charge is 2.35. The highest BCUT2D eigenvalue weighted by Crippen LogP contribution is 2.41. The zero-order valence-electron chi connectivity index (χ0n) is 12.7. The van der Waals surface area contributed by atoms with Gasteiger partial charge in [0.05, 0.1) is 16.9 Å². The third-order valence-electron chi connectivity index (χ3n) is 3.85. The molecule has 0 bridgehead atoms. The summed E-state index contributed by atoms with van der Waals surface area (Å²) < 4.78 is 39.2. The van der Waals surface area contributed by atoms with Crippen LogP contribution in [0.25, 0.3) is 0 Å². The number of carbonyl (C=O) groups excluding carboxylic acids is 2. The van der Waals surface area contributed by atoms with Gasteiger partial charge in [-0.05, 0) is 30.3 Å². The Morgan fingerprint density at radius 3 is 2.21 bits per heavy atom. The largest absolute Gasteiger partial charge is 0.416 e. The van der Waals surface area contributed by atoms with Crippen molar-refractivity contribution in [2.45, 2.75) is 12.6 Å². The molecule has 124 valence electrons. The van der Waals surface area contributed by atoms with E-state index in [0.29, 0.717) is 5.69 Å². The molecular formula is C17H13F3N2O2. The van der Waals surface area contributed by atoms with Crippen LogP contribution in [-0.2, 0) is 15.8 Å². The Kier molecular flexibility index (Phi) is 3.79. The van der Waals surface area contributed by atoms with Gasteiger partial charge >= 0.3 is 6.18 Å². The number of benzene rings is 2. The lowest BCUT2D eigenvalue weighted by atomic mass is 10.1. The van der Waals surface area contributed by atoms with Gasteiger partial charge in [-0.15, -0.1) is 0 Å². The van der Waals surface area contributed by atoms with E-state index in [2.05, 4.69) is 0 Å². The van der Waals surface area contributed by atoms with Crippen molar-refractivity contribution < 1.29 is 22.8 Å². The Morgan fingerprint density at radius 1 is 0.917 bits per heavy atom. The molecule has 0 atom stereocenters. The second kappa shape index (κ2) is 5.67. The van der Waals surface area contributed by atoms with Gasteiger partial charge in [0.2, 0.25) is 11.8 Å². The summed E-state index contributed by atoms with van der Waals surface area (Å²) in [6.45, 7) is 0. The summed E-state index contributed by atoms with van der Waals surface area (Å²) in [6.07, 6.45) is -4.96. The fourth-order valence-electron chi connectivity index (χ4n) is 2.62. The van der Waals surface area contributed by atoms with Crippen molar-refractivity contribution in [3.8, 4) is 0 Å². The molecule has 1 aliphatic rings. The van der Waals surface area contributed by atoms with Crippen molar-refractivity contribution >= 4 is 28.9 Å². The number of carbonyl (C=O) groups is 2. The van der Waals surface area contributed by atoms with Crippen molar-refractivity contribution in [1.29, 1.82) is 0 Å². The van der Waals surface area contributed by atoms with Crippen molar-refractivity contribution in [3.05, 3.63) is 54.1 Å². The van der Waals surface area contributed by atoms with Crippen molar-refractivity contribution in [1.82, 2.24) is 0 Å². The summed E-state index contributed by atoms with van der Waals surface area (Å²) in [4.78, 5) is 27.0. The van der Waals surface area contributed by atoms with E-state index < -0.39 is 30.0 Å². The number of nitrogens with zero attached hydrogens (tertiary/aromatic N) is 2. The van der Waals surface area contributed by atoms with Crippen molar-refractivity contribution in [3.63, 3.8) is 0 Å². The van der Waals surface area contributed by atoms with Crippen molar-refractivity contribution in [2.75, 3.05) is 16.8 Å². The molecule has 0 unspecified atom stereocenters. The number of fused-ring (bicyclic) bond motifs is 1. The number of amides is 2. The second-order valence-corrected chi connectivity index (χ2v) is 5.40. The van der Waals surface area contributed by atoms with Crippen LogP contribution < -0.4 is 9.80 Å². The summed E-state index contributed by atoms with van der Waals surface area (Å²) in [5, 5.41) is 0. The van der Waals surface area contributed by atoms with Crippen LogP contribution in [0, 0.1) is 0 Å². The highest BCUT2D eigenvalue weighted by atomic mass is 19.4. The molecule has 1 aliphatic heterocycles. The Balaban J connectivity index is 2.25. The summed E-state index contributed by atoms with van der Waals surface area (Å²) in [5.74, 6) is -1.05. The van der Waals surface area contributed by atoms with Crippen LogP contribution in [-0.4, -0.2) is 18.9 Å². The standard InChI is InChI=1S/C17H13F3N2O2/c1-21-13-8-7-11(17(18,19)20)9-14(13)22(16(24)10-15(21)23)12-5-3-2-4-6-12/h2-9H,10H2,1H3. The first-order valence-corrected chi connectivity index (χ1v) is 7.15. The fourth-order valence-corrected chi connectivity index (χ4v) is 2.62. The minimum absolute atomic E-state index is 0.0365. The smallest absolute Gasteiger partial charge is 0.313 e. The molecule has 4 nitrogen and oxygen atoms in total. The van der Waals surface area contributed by atoms with Crippen molar-refractivity contribution in [2.24, 2.45) is 0 Å². The van der Waals surface area contributed by atoms with Crippen LogP contribution in [0.2, 0.25) is 0 Å². The summed E-state index contributed by atoms with van der Waals surface area (Å²) in [6, 6.07) is 11.3. The lowest BCUT2D eigenvalue weighted by molar-refractivity contribution is -0.137. The van der Waals surface area contributed by atoms with Gasteiger partial charge < -0.3 is 4.90 Å². The highest BCUT2D eigenvalue weighted by molar-refractivity contribution is 6.18. The van der Waals surface area contributed by atoms with Gasteiger partial charge in [-0.3, -0.25) is 14.5 Å². The number of para-hydroxylation sites is 1. The van der Waals surface area contributed by atoms with Crippen LogP contribution in [0.4, 0.5) is 30.2 Å². The van der Waals surface area contributed by atoms with Crippen LogP contribution in [0.3, 0.4) is 0 Å². The molecule has 0 aromatic heterocycles. The molecule has 0 radical (unpaired) electrons. The molecular weight excluding hydrogens is 321 g/mol. The van der Waals surface area contributed by atoms with Crippen LogP contribution in [0.5, 0.6) is 0 Å². The molecule has 1 heterocycles. The van der Waals surface area contributed by atoms with Gasteiger partial charge in [0, 0.05) is 12.7 Å². The van der Waals surface area contributed by atoms with E-state index in [1.54, 1.807) is 30.3 Å². The third kappa shape index (κ3) is 2.73. The Bertz CT molecular complexity index is 803. The molecule has 2 aromatic carbocycles. The first-order valence-electron chi connectivity index (χ1n) is 7.15. The number of anilines is 3. The van der Waals surface area contributed by atoms with Gasteiger partial charge in [-0.25, -0.2) is 0 Å². The van der Waals surface area contributed by atoms with Gasteiger partial charge in [0.1, 0.15) is 6.42 Å². The average molecular weight is 334 g/mol. The van der Waals surface area contributed by atoms with E-state index in [-0.39, 0.29) is 11.4 Å². The lowest BCUT2D eigenvalue weighted by Gasteiger charge is -2.25. The van der Waals surface area contributed by atoms with Gasteiger partial charge in [-0.1, -0.05) is 18.2 Å². The number of hydrogen-bond donors (Lipinski definition) is 0. The maximum Gasteiger partial charge on any atom is 0.416 e. The van der Waals surface area contributed by atoms with Crippen LogP contribution in [0.15, 0.2) is 48.5 Å². The molecule has 2 amide bonds. The van der Waals surface area contributed by atoms with E-state index in [1.165, 1.54) is 18.0 Å². The maximum absolute atomic E-state index is 13.1. The molecule has 3 rings (SSSR count). The molecule has 7 heteroatoms. The lowest BCUT2D eigenvalue weighted by Crippen LogP contribution is -2.28. The van der Waals surface area contributed by atoms with E-state index in [0.717, 1.165) is 17.0 Å². The normalized spacial score (nSPS) is 15.3. The van der Waals surface area contributed by atoms with Gasteiger partial charge in [0.25, 0.3) is 0 Å². The minimum Gasteiger partial charge on any atom is -0.313 e. The van der Waals surface area contributed by atoms with Crippen LogP contribution in [0.1, 0.15) is 12.0 Å². The van der Waals surface area contributed by atoms with Gasteiger partial charge in [0.15, 0.2) is 0 Å². The predicted octanol–water partition coefficient (Wildman–Crippen LogP) is 3.74. The third-order valence-corrected chi connectivity index (χ3v) is 3.85. The number of halogens is 3. The number of rotatable bonds is 1. The number of hydrogen-bond acceptors (Lipinski definition) is 2. The Morgan fingerprint density at radius 2 is 1.58 bits per heavy atom. The molecule has 24 heavy (non-hydrogen) atoms. The summed E-state index contributed by atoms with van der Waals surface area (Å²) in [7, 11) is 1.44. The predicted molar refractivity (Wildman–Crippen MR) is 83.1 cm³/mol. The molecule has 0 aliphatic carbocycles. The fraction of sp³-hybridized carbons (Fsp3) is 0.176. The topological polar surface area (TPSA) is 40.6 Å². The average Bonchev–Trinajstić information content (AvgIpc) is 2.62. The summed E-state index contributed by atoms with van der Waals surface area (Å²) in [5.41, 5.74) is -0.180. The maximum atomic E-state index is 13.1. The summed E-state index contributed by atoms with van der Waals surface area (Å²) >= 11 is 0. The first-order chi connectivity index (χ1) is 11.3. The molecule has 2 aromatic rings. The Labute approximate surface area is 136 Å². The van der Waals surface area contributed by atoms with E-state index in [4.69, 9.17) is 0 Å². The molecule has 0 spiro atoms. The second-order valence-electron chi connectivity index (χ2n) is 5.40. The van der Waals surface area contributed by atoms with E-state index >= 15 is 0 Å². The minimum atomic E-state index is -4.55. The van der Waals surface area contributed by atoms with Crippen LogP contribution >= 0.6 is 0 Å². The molecule has 0 saturated carbocycles. The van der Waals surface area contributed by atoms with E-state index in [9.17, 15) is 22.8 Å². The zero-order chi connectivity index (χ0) is 17.5. The first kappa shape index (κ1) is 16.0. The zero-order valence-corrected chi connectivity index (χ0v) is 12.7. The SMILES string of the molecule is CN1C(=O)CC(=O)N(c2ccccc2)c2cc(C(F)(F)F)ccc21. The molecule has 0 fully saturated rings. The quantitative estimate of drug-likeness (QED) is 0.746. The molecule has 0 saturated heterocycles. The monoisotopic (exact) mass is 334 g/mol. The molecule has 0 N–H and O–H groups in total.